The Kier molecular flexibility index (Phi) is 2.52. The standard InChI is InChI=1S/C7H11ClN2O/c1-5-4-10(2)9-7(5)6(11)3-8/h4,6,11H,3H2,1-2H3. The van der Waals surface area contributed by atoms with Gasteiger partial charge in [-0.05, 0) is 12.5 Å². The summed E-state index contributed by atoms with van der Waals surface area (Å²) >= 11 is 5.47. The van der Waals surface area contributed by atoms with Crippen LogP contribution < -0.4 is 0 Å². The van der Waals surface area contributed by atoms with Crippen LogP contribution >= 0.6 is 11.6 Å². The van der Waals surface area contributed by atoms with Gasteiger partial charge in [0.25, 0.3) is 0 Å². The minimum atomic E-state index is -0.641. The van der Waals surface area contributed by atoms with E-state index in [0.29, 0.717) is 5.69 Å². The predicted molar refractivity (Wildman–Crippen MR) is 43.6 cm³/mol. The van der Waals surface area contributed by atoms with Crippen molar-refractivity contribution in [1.82, 2.24) is 9.78 Å². The quantitative estimate of drug-likeness (QED) is 0.680. The van der Waals surface area contributed by atoms with Gasteiger partial charge >= 0.3 is 0 Å². The van der Waals surface area contributed by atoms with Gasteiger partial charge in [0.2, 0.25) is 0 Å². The van der Waals surface area contributed by atoms with E-state index in [0.717, 1.165) is 5.56 Å². The normalized spacial score (nSPS) is 13.5. The van der Waals surface area contributed by atoms with Gasteiger partial charge in [0.1, 0.15) is 6.10 Å². The second-order valence-electron chi connectivity index (χ2n) is 2.54. The summed E-state index contributed by atoms with van der Waals surface area (Å²) < 4.78 is 1.67. The van der Waals surface area contributed by atoms with Crippen molar-refractivity contribution in [3.05, 3.63) is 17.5 Å². The molecule has 0 saturated carbocycles. The molecular weight excluding hydrogens is 164 g/mol. The molecule has 0 spiro atoms. The van der Waals surface area contributed by atoms with Crippen LogP contribution in [0.1, 0.15) is 17.4 Å². The van der Waals surface area contributed by atoms with Crippen LogP contribution in [0.5, 0.6) is 0 Å². The van der Waals surface area contributed by atoms with Crippen LogP contribution in [0.25, 0.3) is 0 Å². The highest BCUT2D eigenvalue weighted by Crippen LogP contribution is 2.15. The first-order valence-electron chi connectivity index (χ1n) is 3.39. The van der Waals surface area contributed by atoms with E-state index in [1.165, 1.54) is 0 Å². The van der Waals surface area contributed by atoms with Crippen molar-refractivity contribution in [2.24, 2.45) is 7.05 Å². The average molecular weight is 175 g/mol. The molecule has 0 bridgehead atoms. The predicted octanol–water partition coefficient (Wildman–Crippen LogP) is 1.00. The number of rotatable bonds is 2. The Morgan fingerprint density at radius 3 is 2.82 bits per heavy atom. The number of halogens is 1. The Balaban J connectivity index is 2.93. The van der Waals surface area contributed by atoms with E-state index in [9.17, 15) is 5.11 Å². The lowest BCUT2D eigenvalue weighted by atomic mass is 10.2. The van der Waals surface area contributed by atoms with E-state index in [2.05, 4.69) is 5.10 Å². The van der Waals surface area contributed by atoms with Gasteiger partial charge in [0.05, 0.1) is 11.6 Å². The summed E-state index contributed by atoms with van der Waals surface area (Å²) in [7, 11) is 1.82. The number of nitrogens with zero attached hydrogens (tertiary/aromatic N) is 2. The third-order valence-electron chi connectivity index (χ3n) is 1.51. The van der Waals surface area contributed by atoms with Gasteiger partial charge in [-0.3, -0.25) is 4.68 Å². The minimum Gasteiger partial charge on any atom is -0.385 e. The molecule has 0 aromatic carbocycles. The van der Waals surface area contributed by atoms with E-state index in [-0.39, 0.29) is 5.88 Å². The van der Waals surface area contributed by atoms with E-state index in [1.807, 2.05) is 20.2 Å². The zero-order chi connectivity index (χ0) is 8.43. The zero-order valence-electron chi connectivity index (χ0n) is 6.58. The lowest BCUT2D eigenvalue weighted by molar-refractivity contribution is 0.196. The van der Waals surface area contributed by atoms with Crippen LogP contribution in [0.4, 0.5) is 0 Å². The van der Waals surface area contributed by atoms with Crippen molar-refractivity contribution in [2.75, 3.05) is 5.88 Å². The molecule has 1 heterocycles. The first kappa shape index (κ1) is 8.56. The van der Waals surface area contributed by atoms with Crippen molar-refractivity contribution >= 4 is 11.6 Å². The molecule has 1 atom stereocenters. The molecule has 4 heteroatoms. The molecular formula is C7H11ClN2O. The minimum absolute atomic E-state index is 0.192. The van der Waals surface area contributed by atoms with Gasteiger partial charge in [0, 0.05) is 13.2 Å². The molecule has 1 aromatic heterocycles. The van der Waals surface area contributed by atoms with Crippen LogP contribution in [0, 0.1) is 6.92 Å². The van der Waals surface area contributed by atoms with Crippen LogP contribution in [0.2, 0.25) is 0 Å². The molecule has 62 valence electrons. The molecule has 1 unspecified atom stereocenters. The maximum Gasteiger partial charge on any atom is 0.112 e. The third kappa shape index (κ3) is 1.73. The fraction of sp³-hybridized carbons (Fsp3) is 0.571. The summed E-state index contributed by atoms with van der Waals surface area (Å²) in [5.41, 5.74) is 1.64. The number of aromatic nitrogens is 2. The molecule has 0 amide bonds. The lowest BCUT2D eigenvalue weighted by Crippen LogP contribution is -2.02. The van der Waals surface area contributed by atoms with E-state index >= 15 is 0 Å². The number of alkyl halides is 1. The first-order valence-corrected chi connectivity index (χ1v) is 3.92. The van der Waals surface area contributed by atoms with Crippen molar-refractivity contribution in [1.29, 1.82) is 0 Å². The molecule has 1 rings (SSSR count). The lowest BCUT2D eigenvalue weighted by Gasteiger charge is -2.02. The molecule has 0 aliphatic carbocycles. The average Bonchev–Trinajstić information content (AvgIpc) is 2.28. The molecule has 0 fully saturated rings. The molecule has 0 radical (unpaired) electrons. The Morgan fingerprint density at radius 1 is 1.82 bits per heavy atom. The summed E-state index contributed by atoms with van der Waals surface area (Å²) in [4.78, 5) is 0. The number of aryl methyl sites for hydroxylation is 2. The Bertz CT molecular complexity index is 247. The summed E-state index contributed by atoms with van der Waals surface area (Å²) in [5, 5.41) is 13.4. The number of aliphatic hydroxyl groups excluding tert-OH is 1. The van der Waals surface area contributed by atoms with Crippen LogP contribution in [0.15, 0.2) is 6.20 Å². The van der Waals surface area contributed by atoms with Crippen LogP contribution in [-0.2, 0) is 7.05 Å². The fourth-order valence-corrected chi connectivity index (χ4v) is 1.17. The second-order valence-corrected chi connectivity index (χ2v) is 2.85. The molecule has 0 saturated heterocycles. The van der Waals surface area contributed by atoms with Crippen molar-refractivity contribution < 1.29 is 5.11 Å². The monoisotopic (exact) mass is 174 g/mol. The molecule has 0 aliphatic rings. The summed E-state index contributed by atoms with van der Waals surface area (Å²) in [5.74, 6) is 0.192. The number of aliphatic hydroxyl groups is 1. The Morgan fingerprint density at radius 2 is 2.45 bits per heavy atom. The highest BCUT2D eigenvalue weighted by Gasteiger charge is 2.12. The van der Waals surface area contributed by atoms with Gasteiger partial charge in [-0.1, -0.05) is 0 Å². The van der Waals surface area contributed by atoms with Gasteiger partial charge in [-0.25, -0.2) is 0 Å². The Labute approximate surface area is 70.6 Å². The molecule has 1 aromatic rings. The largest absolute Gasteiger partial charge is 0.385 e. The second kappa shape index (κ2) is 3.24. The van der Waals surface area contributed by atoms with E-state index < -0.39 is 6.10 Å². The Hall–Kier alpha value is -0.540. The SMILES string of the molecule is Cc1cn(C)nc1C(O)CCl. The van der Waals surface area contributed by atoms with Gasteiger partial charge in [0.15, 0.2) is 0 Å². The van der Waals surface area contributed by atoms with Gasteiger partial charge in [-0.15, -0.1) is 11.6 Å². The topological polar surface area (TPSA) is 38.0 Å². The van der Waals surface area contributed by atoms with Crippen molar-refractivity contribution in [3.8, 4) is 0 Å². The van der Waals surface area contributed by atoms with Gasteiger partial charge < -0.3 is 5.11 Å². The fourth-order valence-electron chi connectivity index (χ4n) is 1.03. The van der Waals surface area contributed by atoms with Crippen molar-refractivity contribution in [3.63, 3.8) is 0 Å². The first-order chi connectivity index (χ1) is 5.15. The number of hydrogen-bond acceptors (Lipinski definition) is 2. The summed E-state index contributed by atoms with van der Waals surface area (Å²) in [6.07, 6.45) is 1.21. The number of hydrogen-bond donors (Lipinski definition) is 1. The maximum atomic E-state index is 9.32. The molecule has 11 heavy (non-hydrogen) atoms. The van der Waals surface area contributed by atoms with Gasteiger partial charge in [-0.2, -0.15) is 5.10 Å². The smallest absolute Gasteiger partial charge is 0.112 e. The third-order valence-corrected chi connectivity index (χ3v) is 1.80. The highest BCUT2D eigenvalue weighted by molar-refractivity contribution is 6.18. The molecule has 1 N–H and O–H groups in total. The summed E-state index contributed by atoms with van der Waals surface area (Å²) in [6.45, 7) is 1.90. The zero-order valence-corrected chi connectivity index (χ0v) is 7.34. The summed E-state index contributed by atoms with van der Waals surface area (Å²) in [6, 6.07) is 0. The van der Waals surface area contributed by atoms with Crippen LogP contribution in [-0.4, -0.2) is 20.8 Å². The van der Waals surface area contributed by atoms with E-state index in [1.54, 1.807) is 4.68 Å². The maximum absolute atomic E-state index is 9.32. The van der Waals surface area contributed by atoms with Crippen LogP contribution in [0.3, 0.4) is 0 Å². The van der Waals surface area contributed by atoms with E-state index in [4.69, 9.17) is 11.6 Å². The van der Waals surface area contributed by atoms with Crippen molar-refractivity contribution in [2.45, 2.75) is 13.0 Å². The molecule has 0 aliphatic heterocycles. The highest BCUT2D eigenvalue weighted by atomic mass is 35.5. The molecule has 3 nitrogen and oxygen atoms in total.